The van der Waals surface area contributed by atoms with Crippen molar-refractivity contribution in [2.75, 3.05) is 27.8 Å². The minimum absolute atomic E-state index is 0.0912. The van der Waals surface area contributed by atoms with Crippen molar-refractivity contribution in [1.29, 1.82) is 0 Å². The summed E-state index contributed by atoms with van der Waals surface area (Å²) in [4.78, 5) is 19.3. The van der Waals surface area contributed by atoms with Crippen LogP contribution in [-0.2, 0) is 19.4 Å². The van der Waals surface area contributed by atoms with E-state index in [1.807, 2.05) is 36.5 Å². The van der Waals surface area contributed by atoms with E-state index in [0.29, 0.717) is 35.7 Å². The third-order valence-corrected chi connectivity index (χ3v) is 6.40. The lowest BCUT2D eigenvalue weighted by molar-refractivity contribution is 0.0791. The largest absolute Gasteiger partial charge is 0.493 e. The molecule has 1 aliphatic rings. The Bertz CT molecular complexity index is 1160. The Morgan fingerprint density at radius 3 is 2.70 bits per heavy atom. The monoisotopic (exact) mass is 451 g/mol. The zero-order valence-corrected chi connectivity index (χ0v) is 19.6. The Labute approximate surface area is 194 Å². The minimum atomic E-state index is -0.179. The predicted octanol–water partition coefficient (Wildman–Crippen LogP) is 4.39. The molecule has 0 saturated carbocycles. The number of likely N-dealkylation sites (N-methyl/N-ethyl adjacent to an activating group) is 1. The number of aryl methyl sites for hydroxylation is 2. The van der Waals surface area contributed by atoms with Crippen LogP contribution in [0.1, 0.15) is 45.3 Å². The molecular formula is C26H30FN3O3. The number of rotatable bonds is 7. The predicted molar refractivity (Wildman–Crippen MR) is 125 cm³/mol. The summed E-state index contributed by atoms with van der Waals surface area (Å²) in [7, 11) is 5.02. The number of nitrogens with zero attached hydrogens (tertiary/aromatic N) is 3. The zero-order valence-electron chi connectivity index (χ0n) is 19.6. The van der Waals surface area contributed by atoms with Crippen molar-refractivity contribution in [3.05, 3.63) is 76.6 Å². The van der Waals surface area contributed by atoms with E-state index in [1.54, 1.807) is 33.1 Å². The first kappa shape index (κ1) is 22.8. The van der Waals surface area contributed by atoms with Crippen LogP contribution >= 0.6 is 0 Å². The highest BCUT2D eigenvalue weighted by molar-refractivity contribution is 5.92. The van der Waals surface area contributed by atoms with Gasteiger partial charge in [-0.1, -0.05) is 18.2 Å². The maximum Gasteiger partial charge on any atom is 0.273 e. The quantitative estimate of drug-likeness (QED) is 0.535. The highest BCUT2D eigenvalue weighted by atomic mass is 19.1. The van der Waals surface area contributed by atoms with Crippen LogP contribution in [0.3, 0.4) is 0 Å². The number of amides is 1. The summed E-state index contributed by atoms with van der Waals surface area (Å²) >= 11 is 0. The van der Waals surface area contributed by atoms with E-state index in [0.717, 1.165) is 36.3 Å². The molecule has 2 heterocycles. The van der Waals surface area contributed by atoms with Crippen LogP contribution < -0.4 is 9.47 Å². The lowest BCUT2D eigenvalue weighted by Crippen LogP contribution is -2.29. The summed E-state index contributed by atoms with van der Waals surface area (Å²) in [5.41, 5.74) is 3.33. The number of fused-ring (bicyclic) bond motifs is 1. The molecule has 174 valence electrons. The summed E-state index contributed by atoms with van der Waals surface area (Å²) in [5.74, 6) is 2.31. The Morgan fingerprint density at radius 2 is 1.97 bits per heavy atom. The highest BCUT2D eigenvalue weighted by Gasteiger charge is 2.25. The molecule has 1 aliphatic heterocycles. The number of benzene rings is 2. The fraction of sp³-hybridized carbons (Fsp3) is 0.385. The third kappa shape index (κ3) is 4.87. The van der Waals surface area contributed by atoms with Crippen molar-refractivity contribution in [3.63, 3.8) is 0 Å². The van der Waals surface area contributed by atoms with E-state index in [-0.39, 0.29) is 17.6 Å². The van der Waals surface area contributed by atoms with E-state index >= 15 is 0 Å². The number of imidazole rings is 1. The first-order valence-electron chi connectivity index (χ1n) is 11.2. The fourth-order valence-electron chi connectivity index (χ4n) is 4.37. The molecule has 33 heavy (non-hydrogen) atoms. The summed E-state index contributed by atoms with van der Waals surface area (Å²) < 4.78 is 26.4. The van der Waals surface area contributed by atoms with Gasteiger partial charge in [0.25, 0.3) is 5.91 Å². The number of methoxy groups -OCH3 is 2. The van der Waals surface area contributed by atoms with Crippen LogP contribution in [0.4, 0.5) is 4.39 Å². The van der Waals surface area contributed by atoms with Gasteiger partial charge in [-0.3, -0.25) is 4.79 Å². The first-order valence-corrected chi connectivity index (χ1v) is 11.2. The smallest absolute Gasteiger partial charge is 0.273 e. The summed E-state index contributed by atoms with van der Waals surface area (Å²) in [5, 5.41) is 0. The van der Waals surface area contributed by atoms with Gasteiger partial charge in [-0.2, -0.15) is 0 Å². The molecule has 3 aromatic rings. The van der Waals surface area contributed by atoms with Crippen LogP contribution in [0.15, 0.2) is 42.6 Å². The van der Waals surface area contributed by atoms with Crippen molar-refractivity contribution in [1.82, 2.24) is 14.5 Å². The van der Waals surface area contributed by atoms with Gasteiger partial charge in [-0.25, -0.2) is 9.37 Å². The summed E-state index contributed by atoms with van der Waals surface area (Å²) in [6, 6.07) is 11.1. The number of hydrogen-bond acceptors (Lipinski definition) is 4. The number of hydrogen-bond donors (Lipinski definition) is 0. The van der Waals surface area contributed by atoms with Gasteiger partial charge in [0, 0.05) is 38.7 Å². The van der Waals surface area contributed by atoms with Crippen LogP contribution in [0.25, 0.3) is 0 Å². The molecule has 0 aliphatic carbocycles. The van der Waals surface area contributed by atoms with E-state index in [4.69, 9.17) is 9.47 Å². The molecule has 0 radical (unpaired) electrons. The lowest BCUT2D eigenvalue weighted by Gasteiger charge is -2.24. The number of carbonyl (C=O) groups excluding carboxylic acids is 1. The maximum atomic E-state index is 13.6. The molecule has 1 aromatic heterocycles. The van der Waals surface area contributed by atoms with Gasteiger partial charge in [0.1, 0.15) is 17.3 Å². The fourth-order valence-corrected chi connectivity index (χ4v) is 4.37. The number of carbonyl (C=O) groups is 1. The van der Waals surface area contributed by atoms with Gasteiger partial charge in [0.05, 0.1) is 14.2 Å². The SMILES string of the molecule is COc1ccc(CCN(C)C(=O)c2cn3c(n2)CC[C@H](c2ccc(F)c(C)c2)C3)cc1OC. The zero-order chi connectivity index (χ0) is 23.5. The topological polar surface area (TPSA) is 56.6 Å². The molecule has 0 unspecified atom stereocenters. The molecule has 1 amide bonds. The second-order valence-corrected chi connectivity index (χ2v) is 8.60. The van der Waals surface area contributed by atoms with Crippen molar-refractivity contribution >= 4 is 5.91 Å². The van der Waals surface area contributed by atoms with Crippen LogP contribution in [0.2, 0.25) is 0 Å². The first-order chi connectivity index (χ1) is 15.9. The molecule has 0 spiro atoms. The lowest BCUT2D eigenvalue weighted by atomic mass is 9.90. The average Bonchev–Trinajstić information content (AvgIpc) is 3.26. The van der Waals surface area contributed by atoms with E-state index in [9.17, 15) is 9.18 Å². The standard InChI is InChI=1S/C26H30FN3O3/c1-17-13-19(6-8-21(17)27)20-7-10-25-28-22(16-30(25)15-20)26(31)29(2)12-11-18-5-9-23(32-3)24(14-18)33-4/h5-6,8-9,13-14,16,20H,7,10-12,15H2,1-4H3/t20-/m0/s1. The molecule has 4 rings (SSSR count). The second kappa shape index (κ2) is 9.65. The Balaban J connectivity index is 1.40. The van der Waals surface area contributed by atoms with Gasteiger partial charge in [0.2, 0.25) is 0 Å². The number of halogens is 1. The number of aromatic nitrogens is 2. The van der Waals surface area contributed by atoms with Crippen LogP contribution in [0.5, 0.6) is 11.5 Å². The van der Waals surface area contributed by atoms with Crippen LogP contribution in [-0.4, -0.2) is 48.2 Å². The molecule has 1 atom stereocenters. The third-order valence-electron chi connectivity index (χ3n) is 6.40. The van der Waals surface area contributed by atoms with E-state index < -0.39 is 0 Å². The van der Waals surface area contributed by atoms with Gasteiger partial charge < -0.3 is 18.9 Å². The molecule has 2 aromatic carbocycles. The van der Waals surface area contributed by atoms with E-state index in [1.165, 1.54) is 6.07 Å². The van der Waals surface area contributed by atoms with Crippen molar-refractivity contribution in [2.45, 2.75) is 38.6 Å². The molecular weight excluding hydrogens is 421 g/mol. The van der Waals surface area contributed by atoms with Crippen molar-refractivity contribution in [2.24, 2.45) is 0 Å². The normalized spacial score (nSPS) is 15.1. The Morgan fingerprint density at radius 1 is 1.18 bits per heavy atom. The highest BCUT2D eigenvalue weighted by Crippen LogP contribution is 2.30. The van der Waals surface area contributed by atoms with Crippen molar-refractivity contribution in [3.8, 4) is 11.5 Å². The van der Waals surface area contributed by atoms with Gasteiger partial charge in [-0.05, 0) is 54.7 Å². The molecule has 6 nitrogen and oxygen atoms in total. The number of ether oxygens (including phenoxy) is 2. The average molecular weight is 452 g/mol. The molecule has 0 N–H and O–H groups in total. The van der Waals surface area contributed by atoms with Gasteiger partial charge in [0.15, 0.2) is 11.5 Å². The summed E-state index contributed by atoms with van der Waals surface area (Å²) in [6.07, 6.45) is 4.28. The second-order valence-electron chi connectivity index (χ2n) is 8.60. The molecule has 7 heteroatoms. The van der Waals surface area contributed by atoms with Gasteiger partial charge >= 0.3 is 0 Å². The van der Waals surface area contributed by atoms with Gasteiger partial charge in [-0.15, -0.1) is 0 Å². The molecule has 0 saturated heterocycles. The van der Waals surface area contributed by atoms with Crippen molar-refractivity contribution < 1.29 is 18.7 Å². The Hall–Kier alpha value is -3.35. The minimum Gasteiger partial charge on any atom is -0.493 e. The molecule has 0 bridgehead atoms. The molecule has 0 fully saturated rings. The summed E-state index contributed by atoms with van der Waals surface area (Å²) in [6.45, 7) is 3.10. The Kier molecular flexibility index (Phi) is 6.67. The van der Waals surface area contributed by atoms with Crippen LogP contribution in [0, 0.1) is 12.7 Å². The van der Waals surface area contributed by atoms with E-state index in [2.05, 4.69) is 9.55 Å². The maximum absolute atomic E-state index is 13.6.